The van der Waals surface area contributed by atoms with Crippen molar-refractivity contribution in [2.24, 2.45) is 0 Å². The Kier molecular flexibility index (Phi) is 9.38. The summed E-state index contributed by atoms with van der Waals surface area (Å²) in [5, 5.41) is 14.5. The molecule has 8 heteroatoms. The Morgan fingerprint density at radius 1 is 0.406 bits per heavy atom. The van der Waals surface area contributed by atoms with Crippen LogP contribution >= 0.6 is 34.9 Å². The molecule has 2 aromatic heterocycles. The van der Waals surface area contributed by atoms with Crippen molar-refractivity contribution in [1.82, 2.24) is 0 Å². The second-order valence-corrected chi connectivity index (χ2v) is 20.8. The quantitative estimate of drug-likeness (QED) is 0.148. The Morgan fingerprint density at radius 2 is 0.942 bits per heavy atom. The summed E-state index contributed by atoms with van der Waals surface area (Å²) in [6, 6.07) is 80.7. The van der Waals surface area contributed by atoms with Gasteiger partial charge in [-0.05, 0) is 144 Å². The average molecular weight is 934 g/mol. The van der Waals surface area contributed by atoms with Crippen LogP contribution in [0.3, 0.4) is 0 Å². The smallest absolute Gasteiger partial charge is 0.247 e. The summed E-state index contributed by atoms with van der Waals surface area (Å²) < 4.78 is 9.14. The highest BCUT2D eigenvalue weighted by Crippen LogP contribution is 2.47. The number of nitrogens with zero attached hydrogens (tertiary/aromatic N) is 3. The van der Waals surface area contributed by atoms with Crippen molar-refractivity contribution in [1.29, 1.82) is 5.26 Å². The number of nitriles is 1. The molecule has 2 aliphatic rings. The number of furan rings is 1. The van der Waals surface area contributed by atoms with Crippen molar-refractivity contribution in [2.75, 3.05) is 9.80 Å². The monoisotopic (exact) mass is 933 g/mol. The lowest BCUT2D eigenvalue weighted by atomic mass is 9.36. The van der Waals surface area contributed by atoms with Gasteiger partial charge in [-0.25, -0.2) is 0 Å². The second-order valence-electron chi connectivity index (χ2n) is 17.5. The molecular formula is C61H36BN3OS3. The molecule has 0 amide bonds. The highest BCUT2D eigenvalue weighted by molar-refractivity contribution is 8.01. The van der Waals surface area contributed by atoms with Gasteiger partial charge in [0.25, 0.3) is 0 Å². The van der Waals surface area contributed by atoms with E-state index in [4.69, 9.17) is 4.42 Å². The molecule has 0 saturated heterocycles. The average Bonchev–Trinajstić information content (AvgIpc) is 3.97. The van der Waals surface area contributed by atoms with Crippen LogP contribution in [-0.2, 0) is 0 Å². The maximum atomic E-state index is 9.66. The van der Waals surface area contributed by atoms with Crippen LogP contribution in [0.15, 0.2) is 242 Å². The number of para-hydroxylation sites is 3. The van der Waals surface area contributed by atoms with Gasteiger partial charge in [0.1, 0.15) is 11.2 Å². The molecule has 10 aromatic carbocycles. The minimum absolute atomic E-state index is 0.0297. The Bertz CT molecular complexity index is 4010. The maximum absolute atomic E-state index is 9.66. The van der Waals surface area contributed by atoms with E-state index in [0.717, 1.165) is 56.2 Å². The summed E-state index contributed by atoms with van der Waals surface area (Å²) in [6.07, 6.45) is 0. The van der Waals surface area contributed by atoms with Crippen LogP contribution in [0.5, 0.6) is 0 Å². The first-order valence-corrected chi connectivity index (χ1v) is 25.4. The Balaban J connectivity index is 0.958. The van der Waals surface area contributed by atoms with E-state index in [0.29, 0.717) is 5.56 Å². The zero-order chi connectivity index (χ0) is 45.6. The molecule has 0 spiro atoms. The van der Waals surface area contributed by atoms with Gasteiger partial charge in [-0.1, -0.05) is 125 Å². The van der Waals surface area contributed by atoms with Crippen molar-refractivity contribution >= 4 is 134 Å². The summed E-state index contributed by atoms with van der Waals surface area (Å²) >= 11 is 5.59. The Labute approximate surface area is 411 Å². The summed E-state index contributed by atoms with van der Waals surface area (Å²) in [5.74, 6) is 0. The van der Waals surface area contributed by atoms with Gasteiger partial charge < -0.3 is 14.2 Å². The first-order valence-electron chi connectivity index (χ1n) is 23.0. The molecule has 4 nitrogen and oxygen atoms in total. The van der Waals surface area contributed by atoms with Gasteiger partial charge in [-0.2, -0.15) is 5.26 Å². The first-order chi connectivity index (χ1) is 34.1. The van der Waals surface area contributed by atoms with Crippen LogP contribution in [-0.4, -0.2) is 6.71 Å². The van der Waals surface area contributed by atoms with E-state index in [-0.39, 0.29) is 6.71 Å². The highest BCUT2D eigenvalue weighted by atomic mass is 32.2. The normalized spacial score (nSPS) is 12.5. The minimum atomic E-state index is 0.0297. The number of rotatable bonds is 7. The van der Waals surface area contributed by atoms with Crippen molar-refractivity contribution in [2.45, 2.75) is 19.6 Å². The minimum Gasteiger partial charge on any atom is -0.456 e. The van der Waals surface area contributed by atoms with E-state index >= 15 is 0 Å². The second kappa shape index (κ2) is 16.1. The van der Waals surface area contributed by atoms with E-state index in [1.165, 1.54) is 67.1 Å². The van der Waals surface area contributed by atoms with Gasteiger partial charge in [-0.15, -0.1) is 11.3 Å². The lowest BCUT2D eigenvalue weighted by Crippen LogP contribution is -2.58. The molecular weight excluding hydrogens is 898 g/mol. The Morgan fingerprint density at radius 3 is 1.54 bits per heavy atom. The largest absolute Gasteiger partial charge is 0.456 e. The van der Waals surface area contributed by atoms with E-state index in [9.17, 15) is 5.26 Å². The van der Waals surface area contributed by atoms with Crippen LogP contribution < -0.4 is 26.2 Å². The van der Waals surface area contributed by atoms with E-state index < -0.39 is 0 Å². The third kappa shape index (κ3) is 6.61. The molecule has 0 N–H and O–H groups in total. The number of thiophene rings is 1. The lowest BCUT2D eigenvalue weighted by Gasteiger charge is -2.35. The highest BCUT2D eigenvalue weighted by Gasteiger charge is 2.39. The fraction of sp³-hybridized carbons (Fsp3) is 0. The predicted octanol–water partition coefficient (Wildman–Crippen LogP) is 15.9. The maximum Gasteiger partial charge on any atom is 0.247 e. The van der Waals surface area contributed by atoms with Gasteiger partial charge in [0.2, 0.25) is 6.71 Å². The van der Waals surface area contributed by atoms with Gasteiger partial charge in [0.15, 0.2) is 0 Å². The summed E-state index contributed by atoms with van der Waals surface area (Å²) in [4.78, 5) is 9.66. The van der Waals surface area contributed by atoms with E-state index in [2.05, 4.69) is 210 Å². The predicted molar refractivity (Wildman–Crippen MR) is 292 cm³/mol. The van der Waals surface area contributed by atoms with E-state index in [1.54, 1.807) is 0 Å². The number of benzene rings is 10. The number of fused-ring (bicyclic) bond motifs is 11. The first kappa shape index (κ1) is 40.2. The third-order valence-corrected chi connectivity index (χ3v) is 17.0. The molecule has 0 fully saturated rings. The molecule has 12 aromatic rings. The number of hydrogen-bond acceptors (Lipinski definition) is 7. The number of hydrogen-bond donors (Lipinski definition) is 0. The Hall–Kier alpha value is -7.93. The van der Waals surface area contributed by atoms with Crippen LogP contribution in [0.1, 0.15) is 5.56 Å². The lowest BCUT2D eigenvalue weighted by molar-refractivity contribution is 0.669. The zero-order valence-electron chi connectivity index (χ0n) is 36.8. The molecule has 0 bridgehead atoms. The van der Waals surface area contributed by atoms with Gasteiger partial charge in [-0.3, -0.25) is 0 Å². The molecule has 0 unspecified atom stereocenters. The van der Waals surface area contributed by atoms with Gasteiger partial charge in [0.05, 0.1) is 11.6 Å². The van der Waals surface area contributed by atoms with Crippen LogP contribution in [0.25, 0.3) is 53.2 Å². The molecule has 322 valence electrons. The number of anilines is 6. The molecule has 14 rings (SSSR count). The zero-order valence-corrected chi connectivity index (χ0v) is 39.3. The fourth-order valence-corrected chi connectivity index (χ4v) is 14.2. The van der Waals surface area contributed by atoms with Gasteiger partial charge >= 0.3 is 0 Å². The summed E-state index contributed by atoms with van der Waals surface area (Å²) in [5.41, 5.74) is 15.2. The van der Waals surface area contributed by atoms with Crippen molar-refractivity contribution < 1.29 is 4.42 Å². The summed E-state index contributed by atoms with van der Waals surface area (Å²) in [7, 11) is 0. The van der Waals surface area contributed by atoms with Crippen LogP contribution in [0, 0.1) is 11.3 Å². The third-order valence-electron chi connectivity index (χ3n) is 13.6. The molecule has 0 atom stereocenters. The summed E-state index contributed by atoms with van der Waals surface area (Å²) in [6.45, 7) is 0.0297. The van der Waals surface area contributed by atoms with Crippen molar-refractivity contribution in [3.63, 3.8) is 0 Å². The molecule has 2 aliphatic heterocycles. The molecule has 0 aliphatic carbocycles. The topological polar surface area (TPSA) is 43.4 Å². The standard InChI is InChI=1S/C61H36BN3OS3/c63-37-38-20-23-44(24-21-38)65(43-16-8-3-9-17-43)46-26-28-50-56(36-46)69-58-34-40(39-22-29-51-48(32-39)59-52(66-51)30-31-54-60(59)47-18-10-11-19-53(47)67-54)33-57-61(58)62(50)49-27-25-45(35-55(49)68-57)64(41-12-4-1-5-13-41)42-14-6-2-7-15-42/h1-36H. The van der Waals surface area contributed by atoms with Crippen molar-refractivity contribution in [3.8, 4) is 17.2 Å². The van der Waals surface area contributed by atoms with Crippen LogP contribution in [0.2, 0.25) is 0 Å². The molecule has 69 heavy (non-hydrogen) atoms. The van der Waals surface area contributed by atoms with Crippen LogP contribution in [0.4, 0.5) is 34.1 Å². The molecule has 0 saturated carbocycles. The molecule has 4 heterocycles. The fourth-order valence-electron chi connectivity index (χ4n) is 10.5. The SMILES string of the molecule is N#Cc1ccc(N(c2ccccc2)c2ccc3c(c2)Sc2cc(-c4ccc5oc6ccc7sc8ccccc8c7c6c5c4)cc4c2B3c2ccc(N(c3ccccc3)c3ccccc3)cc2S4)cc1. The van der Waals surface area contributed by atoms with Crippen molar-refractivity contribution in [3.05, 3.63) is 224 Å². The van der Waals surface area contributed by atoms with E-state index in [1.807, 2.05) is 59.1 Å². The molecule has 0 radical (unpaired) electrons. The van der Waals surface area contributed by atoms with Gasteiger partial charge in [0, 0.05) is 84.7 Å².